The second-order valence-corrected chi connectivity index (χ2v) is 5.61. The summed E-state index contributed by atoms with van der Waals surface area (Å²) in [6.07, 6.45) is 2.20. The second-order valence-electron chi connectivity index (χ2n) is 5.61. The standard InChI is InChI=1S/C15H16N4O4.ClH/c16-10-5-6-17(7-10)18-8-12(14(20)9-19(22)23)15(21)11-3-1-2-4-13(11)18;/h1-4,8,10H,5-7,9,16H2;1H. The van der Waals surface area contributed by atoms with Crippen LogP contribution >= 0.6 is 12.4 Å². The molecule has 9 heteroatoms. The van der Waals surface area contributed by atoms with Gasteiger partial charge >= 0.3 is 0 Å². The molecule has 0 aliphatic carbocycles. The van der Waals surface area contributed by atoms with Gasteiger partial charge in [-0.05, 0) is 18.6 Å². The van der Waals surface area contributed by atoms with Crippen LogP contribution in [0.25, 0.3) is 10.9 Å². The highest BCUT2D eigenvalue weighted by Crippen LogP contribution is 2.16. The van der Waals surface area contributed by atoms with E-state index in [1.807, 2.05) is 5.01 Å². The number of Topliss-reactive ketones (excluding diaryl/α,β-unsaturated/α-hetero) is 1. The average molecular weight is 353 g/mol. The molecular weight excluding hydrogens is 336 g/mol. The van der Waals surface area contributed by atoms with Crippen molar-refractivity contribution in [3.63, 3.8) is 0 Å². The Hall–Kier alpha value is -2.45. The largest absolute Gasteiger partial charge is 0.326 e. The number of ketones is 1. The van der Waals surface area contributed by atoms with Gasteiger partial charge in [-0.2, -0.15) is 0 Å². The van der Waals surface area contributed by atoms with Crippen LogP contribution in [0.4, 0.5) is 0 Å². The van der Waals surface area contributed by atoms with Gasteiger partial charge in [0.2, 0.25) is 11.2 Å². The number of nitro groups is 1. The van der Waals surface area contributed by atoms with E-state index in [1.54, 1.807) is 28.9 Å². The zero-order chi connectivity index (χ0) is 16.6. The summed E-state index contributed by atoms with van der Waals surface area (Å²) in [4.78, 5) is 34.4. The predicted molar refractivity (Wildman–Crippen MR) is 92.2 cm³/mol. The van der Waals surface area contributed by atoms with E-state index in [2.05, 4.69) is 0 Å². The van der Waals surface area contributed by atoms with E-state index in [4.69, 9.17) is 5.73 Å². The molecule has 1 aromatic heterocycles. The van der Waals surface area contributed by atoms with Gasteiger partial charge in [-0.25, -0.2) is 0 Å². The molecule has 0 spiro atoms. The minimum absolute atomic E-state index is 0. The Morgan fingerprint density at radius 2 is 2.08 bits per heavy atom. The summed E-state index contributed by atoms with van der Waals surface area (Å²) in [5.41, 5.74) is 5.94. The molecule has 1 aliphatic heterocycles. The molecule has 1 atom stereocenters. The van der Waals surface area contributed by atoms with Gasteiger partial charge in [0.25, 0.3) is 6.54 Å². The van der Waals surface area contributed by atoms with Gasteiger partial charge in [-0.1, -0.05) is 12.1 Å². The van der Waals surface area contributed by atoms with Crippen LogP contribution in [0.5, 0.6) is 0 Å². The Morgan fingerprint density at radius 3 is 2.71 bits per heavy atom. The molecule has 0 bridgehead atoms. The molecule has 3 rings (SSSR count). The van der Waals surface area contributed by atoms with Gasteiger partial charge < -0.3 is 10.7 Å². The molecule has 24 heavy (non-hydrogen) atoms. The van der Waals surface area contributed by atoms with E-state index in [-0.39, 0.29) is 24.0 Å². The third kappa shape index (κ3) is 3.24. The van der Waals surface area contributed by atoms with Crippen LogP contribution in [0.15, 0.2) is 35.3 Å². The maximum atomic E-state index is 12.5. The van der Waals surface area contributed by atoms with Gasteiger partial charge in [-0.3, -0.25) is 24.4 Å². The van der Waals surface area contributed by atoms with Gasteiger partial charge in [0, 0.05) is 35.6 Å². The maximum Gasteiger partial charge on any atom is 0.266 e. The van der Waals surface area contributed by atoms with Crippen molar-refractivity contribution in [2.24, 2.45) is 5.73 Å². The number of carbonyl (C=O) groups excluding carboxylic acids is 1. The first-order valence-electron chi connectivity index (χ1n) is 7.27. The highest BCUT2D eigenvalue weighted by molar-refractivity contribution is 5.99. The number of pyridine rings is 1. The van der Waals surface area contributed by atoms with Crippen LogP contribution in [-0.4, -0.2) is 41.1 Å². The van der Waals surface area contributed by atoms with E-state index in [0.717, 1.165) is 6.42 Å². The first-order valence-corrected chi connectivity index (χ1v) is 7.27. The molecule has 0 amide bonds. The topological polar surface area (TPSA) is 111 Å². The molecule has 1 unspecified atom stereocenters. The number of carbonyl (C=O) groups is 1. The molecule has 8 nitrogen and oxygen atoms in total. The Balaban J connectivity index is 0.00000208. The SMILES string of the molecule is Cl.NC1CCN(n2cc(C(=O)C[N+](=O)[O-])c(=O)c3ccccc32)C1. The quantitative estimate of drug-likeness (QED) is 0.488. The van der Waals surface area contributed by atoms with E-state index in [1.165, 1.54) is 6.20 Å². The van der Waals surface area contributed by atoms with Crippen LogP contribution in [0, 0.1) is 10.1 Å². The minimum atomic E-state index is -0.896. The number of nitrogens with zero attached hydrogens (tertiary/aromatic N) is 3. The summed E-state index contributed by atoms with van der Waals surface area (Å²) < 4.78 is 1.72. The molecular formula is C15H17ClN4O4. The molecule has 1 aromatic carbocycles. The fraction of sp³-hybridized carbons (Fsp3) is 0.333. The van der Waals surface area contributed by atoms with Gasteiger partial charge in [0.05, 0.1) is 11.1 Å². The minimum Gasteiger partial charge on any atom is -0.326 e. The Kier molecular flexibility index (Phi) is 5.20. The number of benzene rings is 1. The van der Waals surface area contributed by atoms with Crippen LogP contribution in [0.2, 0.25) is 0 Å². The lowest BCUT2D eigenvalue weighted by Crippen LogP contribution is -2.37. The summed E-state index contributed by atoms with van der Waals surface area (Å²) in [6, 6.07) is 6.92. The fourth-order valence-corrected chi connectivity index (χ4v) is 2.86. The normalized spacial score (nSPS) is 16.9. The van der Waals surface area contributed by atoms with Crippen molar-refractivity contribution in [1.82, 2.24) is 4.68 Å². The fourth-order valence-electron chi connectivity index (χ4n) is 2.86. The average Bonchev–Trinajstić information content (AvgIpc) is 2.93. The predicted octanol–water partition coefficient (Wildman–Crippen LogP) is 0.552. The highest BCUT2D eigenvalue weighted by Gasteiger charge is 2.24. The number of hydrogen-bond acceptors (Lipinski definition) is 6. The van der Waals surface area contributed by atoms with Crippen molar-refractivity contribution in [2.75, 3.05) is 24.6 Å². The number of nitrogens with two attached hydrogens (primary N) is 1. The van der Waals surface area contributed by atoms with E-state index in [9.17, 15) is 19.7 Å². The number of fused-ring (bicyclic) bond motifs is 1. The summed E-state index contributed by atoms with van der Waals surface area (Å²) in [6.45, 7) is 0.389. The summed E-state index contributed by atoms with van der Waals surface area (Å²) in [7, 11) is 0. The second kappa shape index (κ2) is 6.98. The molecule has 0 radical (unpaired) electrons. The first kappa shape index (κ1) is 17.9. The number of halogens is 1. The Morgan fingerprint density at radius 1 is 1.38 bits per heavy atom. The smallest absolute Gasteiger partial charge is 0.266 e. The van der Waals surface area contributed by atoms with Gasteiger partial charge in [-0.15, -0.1) is 12.4 Å². The molecule has 2 heterocycles. The van der Waals surface area contributed by atoms with Crippen molar-refractivity contribution in [2.45, 2.75) is 12.5 Å². The zero-order valence-electron chi connectivity index (χ0n) is 12.8. The van der Waals surface area contributed by atoms with E-state index >= 15 is 0 Å². The lowest BCUT2D eigenvalue weighted by atomic mass is 10.1. The van der Waals surface area contributed by atoms with Crippen LogP contribution in [0.1, 0.15) is 16.8 Å². The Bertz CT molecular complexity index is 851. The molecule has 2 N–H and O–H groups in total. The van der Waals surface area contributed by atoms with Crippen LogP contribution in [0.3, 0.4) is 0 Å². The number of para-hydroxylation sites is 1. The van der Waals surface area contributed by atoms with Crippen molar-refractivity contribution in [3.8, 4) is 0 Å². The zero-order valence-corrected chi connectivity index (χ0v) is 13.6. The van der Waals surface area contributed by atoms with E-state index < -0.39 is 22.7 Å². The summed E-state index contributed by atoms with van der Waals surface area (Å²) in [5, 5.41) is 12.9. The van der Waals surface area contributed by atoms with Crippen molar-refractivity contribution < 1.29 is 9.72 Å². The third-order valence-corrected chi connectivity index (χ3v) is 3.97. The molecule has 1 aliphatic rings. The summed E-state index contributed by atoms with van der Waals surface area (Å²) >= 11 is 0. The summed E-state index contributed by atoms with van der Waals surface area (Å²) in [5.74, 6) is -0.789. The van der Waals surface area contributed by atoms with Crippen molar-refractivity contribution in [3.05, 3.63) is 56.4 Å². The Labute approximate surface area is 143 Å². The third-order valence-electron chi connectivity index (χ3n) is 3.97. The van der Waals surface area contributed by atoms with Gasteiger partial charge in [0.1, 0.15) is 0 Å². The molecule has 0 saturated carbocycles. The van der Waals surface area contributed by atoms with Crippen LogP contribution < -0.4 is 16.2 Å². The maximum absolute atomic E-state index is 12.5. The van der Waals surface area contributed by atoms with Crippen molar-refractivity contribution >= 4 is 29.1 Å². The lowest BCUT2D eigenvalue weighted by Gasteiger charge is -2.24. The highest BCUT2D eigenvalue weighted by atomic mass is 35.5. The molecule has 2 aromatic rings. The molecule has 1 fully saturated rings. The first-order chi connectivity index (χ1) is 11.0. The monoisotopic (exact) mass is 352 g/mol. The van der Waals surface area contributed by atoms with Crippen molar-refractivity contribution in [1.29, 1.82) is 0 Å². The van der Waals surface area contributed by atoms with Gasteiger partial charge in [0.15, 0.2) is 0 Å². The number of rotatable bonds is 4. The molecule has 1 saturated heterocycles. The lowest BCUT2D eigenvalue weighted by molar-refractivity contribution is -0.465. The molecule has 128 valence electrons. The number of aromatic nitrogens is 1. The van der Waals surface area contributed by atoms with Crippen LogP contribution in [-0.2, 0) is 0 Å². The van der Waals surface area contributed by atoms with E-state index in [0.29, 0.717) is 24.0 Å². The number of hydrogen-bond donors (Lipinski definition) is 1.